The van der Waals surface area contributed by atoms with Crippen molar-refractivity contribution in [3.8, 4) is 5.75 Å². The van der Waals surface area contributed by atoms with Crippen LogP contribution in [0.4, 0.5) is 4.79 Å². The lowest BCUT2D eigenvalue weighted by atomic mass is 10.1. The van der Waals surface area contributed by atoms with Crippen molar-refractivity contribution in [1.82, 2.24) is 15.1 Å². The van der Waals surface area contributed by atoms with Crippen molar-refractivity contribution in [2.75, 3.05) is 19.6 Å². The predicted molar refractivity (Wildman–Crippen MR) is 82.2 cm³/mol. The van der Waals surface area contributed by atoms with E-state index >= 15 is 0 Å². The molecule has 0 unspecified atom stereocenters. The Morgan fingerprint density at radius 3 is 2.65 bits per heavy atom. The fourth-order valence-corrected chi connectivity index (χ4v) is 2.85. The van der Waals surface area contributed by atoms with Crippen LogP contribution in [0.3, 0.4) is 0 Å². The smallest absolute Gasteiger partial charge is 0.410 e. The Kier molecular flexibility index (Phi) is 4.12. The van der Waals surface area contributed by atoms with E-state index in [1.807, 2.05) is 0 Å². The van der Waals surface area contributed by atoms with Crippen LogP contribution in [0.5, 0.6) is 5.75 Å². The molecule has 2 saturated heterocycles. The molecule has 1 aromatic carbocycles. The molecule has 2 aliphatic heterocycles. The van der Waals surface area contributed by atoms with Crippen LogP contribution < -0.4 is 10.1 Å². The number of halogens is 1. The highest BCUT2D eigenvalue weighted by atomic mass is 35.5. The molecule has 0 aliphatic carbocycles. The first-order chi connectivity index (χ1) is 11.0. The number of fused-ring (bicyclic) bond motifs is 1. The fraction of sp³-hybridized carbons (Fsp3) is 0.400. The summed E-state index contributed by atoms with van der Waals surface area (Å²) in [7, 11) is 0. The van der Waals surface area contributed by atoms with Crippen LogP contribution >= 0.6 is 11.6 Å². The number of ether oxygens (including phenoxy) is 1. The largest absolute Gasteiger partial charge is 0.415 e. The second-order valence-electron chi connectivity index (χ2n) is 5.55. The number of hydrogen-bond donors (Lipinski definition) is 1. The van der Waals surface area contributed by atoms with Gasteiger partial charge in [0.1, 0.15) is 17.8 Å². The first-order valence-corrected chi connectivity index (χ1v) is 7.66. The third kappa shape index (κ3) is 3.10. The minimum absolute atomic E-state index is 0.122. The zero-order valence-corrected chi connectivity index (χ0v) is 13.2. The quantitative estimate of drug-likeness (QED) is 0.824. The van der Waals surface area contributed by atoms with Crippen molar-refractivity contribution < 1.29 is 19.1 Å². The standard InChI is InChI=1S/C15H16ClN3O4/c1-9-14(21)19-7-6-18(8-12(19)13(20)17-9)15(22)23-11-4-2-10(16)3-5-11/h2-5,9,12H,6-8H2,1H3,(H,17,20)/t9-,12+/m0/s1. The van der Waals surface area contributed by atoms with Gasteiger partial charge in [0.05, 0.1) is 6.54 Å². The molecule has 7 nitrogen and oxygen atoms in total. The maximum Gasteiger partial charge on any atom is 0.415 e. The fourth-order valence-electron chi connectivity index (χ4n) is 2.72. The zero-order chi connectivity index (χ0) is 16.6. The van der Waals surface area contributed by atoms with Crippen molar-refractivity contribution in [3.63, 3.8) is 0 Å². The molecule has 0 saturated carbocycles. The number of nitrogens with zero attached hydrogens (tertiary/aromatic N) is 2. The lowest BCUT2D eigenvalue weighted by Crippen LogP contribution is -2.69. The third-order valence-electron chi connectivity index (χ3n) is 3.97. The van der Waals surface area contributed by atoms with E-state index in [0.29, 0.717) is 23.9 Å². The zero-order valence-electron chi connectivity index (χ0n) is 12.5. The molecule has 122 valence electrons. The summed E-state index contributed by atoms with van der Waals surface area (Å²) in [6, 6.07) is 5.24. The molecule has 0 bridgehead atoms. The van der Waals surface area contributed by atoms with Gasteiger partial charge in [0.2, 0.25) is 11.8 Å². The number of rotatable bonds is 1. The van der Waals surface area contributed by atoms with Gasteiger partial charge >= 0.3 is 6.09 Å². The summed E-state index contributed by atoms with van der Waals surface area (Å²) in [4.78, 5) is 39.3. The Hall–Kier alpha value is -2.28. The Balaban J connectivity index is 1.66. The maximum absolute atomic E-state index is 12.2. The Morgan fingerprint density at radius 2 is 1.96 bits per heavy atom. The first-order valence-electron chi connectivity index (χ1n) is 7.29. The summed E-state index contributed by atoms with van der Waals surface area (Å²) in [5, 5.41) is 3.17. The van der Waals surface area contributed by atoms with Crippen LogP contribution in [0.1, 0.15) is 6.92 Å². The summed E-state index contributed by atoms with van der Waals surface area (Å²) < 4.78 is 5.26. The molecule has 2 atom stereocenters. The number of nitrogens with one attached hydrogen (secondary N) is 1. The van der Waals surface area contributed by atoms with Gasteiger partial charge in [-0.15, -0.1) is 0 Å². The molecular formula is C15H16ClN3O4. The molecular weight excluding hydrogens is 322 g/mol. The van der Waals surface area contributed by atoms with Crippen LogP contribution in [0.2, 0.25) is 5.02 Å². The Labute approximate surface area is 138 Å². The lowest BCUT2D eigenvalue weighted by molar-refractivity contribution is -0.151. The normalized spacial score (nSPS) is 24.1. The number of hydrogen-bond acceptors (Lipinski definition) is 4. The molecule has 1 N–H and O–H groups in total. The predicted octanol–water partition coefficient (Wildman–Crippen LogP) is 0.870. The molecule has 1 aromatic rings. The highest BCUT2D eigenvalue weighted by Crippen LogP contribution is 2.19. The summed E-state index contributed by atoms with van der Waals surface area (Å²) in [5.74, 6) is 0.000959. The lowest BCUT2D eigenvalue weighted by Gasteiger charge is -2.44. The summed E-state index contributed by atoms with van der Waals surface area (Å²) in [6.07, 6.45) is -0.550. The highest BCUT2D eigenvalue weighted by molar-refractivity contribution is 6.30. The van der Waals surface area contributed by atoms with E-state index in [-0.39, 0.29) is 18.4 Å². The number of benzene rings is 1. The summed E-state index contributed by atoms with van der Waals surface area (Å²) in [5.41, 5.74) is 0. The van der Waals surface area contributed by atoms with Crippen molar-refractivity contribution in [2.45, 2.75) is 19.0 Å². The van der Waals surface area contributed by atoms with Crippen LogP contribution in [0.15, 0.2) is 24.3 Å². The van der Waals surface area contributed by atoms with E-state index in [4.69, 9.17) is 16.3 Å². The molecule has 2 fully saturated rings. The number of piperazine rings is 2. The average Bonchev–Trinajstić information content (AvgIpc) is 2.54. The van der Waals surface area contributed by atoms with Crippen molar-refractivity contribution in [2.24, 2.45) is 0 Å². The van der Waals surface area contributed by atoms with Crippen molar-refractivity contribution >= 4 is 29.5 Å². The molecule has 2 heterocycles. The van der Waals surface area contributed by atoms with E-state index in [2.05, 4.69) is 5.32 Å². The van der Waals surface area contributed by atoms with Gasteiger partial charge in [-0.25, -0.2) is 4.79 Å². The van der Waals surface area contributed by atoms with Gasteiger partial charge in [-0.3, -0.25) is 9.59 Å². The minimum Gasteiger partial charge on any atom is -0.410 e. The molecule has 8 heteroatoms. The van der Waals surface area contributed by atoms with Crippen LogP contribution in [0.25, 0.3) is 0 Å². The molecule has 23 heavy (non-hydrogen) atoms. The monoisotopic (exact) mass is 337 g/mol. The van der Waals surface area contributed by atoms with E-state index < -0.39 is 18.2 Å². The molecule has 0 radical (unpaired) electrons. The summed E-state index contributed by atoms with van der Waals surface area (Å²) in [6.45, 7) is 2.42. The second kappa shape index (κ2) is 6.08. The van der Waals surface area contributed by atoms with E-state index in [9.17, 15) is 14.4 Å². The molecule has 0 spiro atoms. The molecule has 3 amide bonds. The minimum atomic E-state index is -0.662. The Morgan fingerprint density at radius 1 is 1.26 bits per heavy atom. The van der Waals surface area contributed by atoms with Crippen LogP contribution in [-0.2, 0) is 9.59 Å². The van der Waals surface area contributed by atoms with E-state index in [0.717, 1.165) is 0 Å². The van der Waals surface area contributed by atoms with Gasteiger partial charge in [0.25, 0.3) is 0 Å². The van der Waals surface area contributed by atoms with Crippen molar-refractivity contribution in [1.29, 1.82) is 0 Å². The van der Waals surface area contributed by atoms with Gasteiger partial charge < -0.3 is 19.9 Å². The maximum atomic E-state index is 12.2. The number of carbonyl (C=O) groups is 3. The number of carbonyl (C=O) groups excluding carboxylic acids is 3. The van der Waals surface area contributed by atoms with Gasteiger partial charge in [-0.05, 0) is 31.2 Å². The van der Waals surface area contributed by atoms with Crippen LogP contribution in [0, 0.1) is 0 Å². The van der Waals surface area contributed by atoms with Crippen LogP contribution in [-0.4, -0.2) is 59.4 Å². The van der Waals surface area contributed by atoms with Crippen molar-refractivity contribution in [3.05, 3.63) is 29.3 Å². The van der Waals surface area contributed by atoms with Gasteiger partial charge in [-0.1, -0.05) is 11.6 Å². The summed E-state index contributed by atoms with van der Waals surface area (Å²) >= 11 is 5.78. The Bertz CT molecular complexity index is 649. The highest BCUT2D eigenvalue weighted by Gasteiger charge is 2.43. The molecule has 0 aromatic heterocycles. The SMILES string of the molecule is C[C@@H]1NC(=O)[C@H]2CN(C(=O)Oc3ccc(Cl)cc3)CCN2C1=O. The second-order valence-corrected chi connectivity index (χ2v) is 5.98. The average molecular weight is 338 g/mol. The van der Waals surface area contributed by atoms with Gasteiger partial charge in [-0.2, -0.15) is 0 Å². The van der Waals surface area contributed by atoms with E-state index in [1.165, 1.54) is 9.80 Å². The topological polar surface area (TPSA) is 79.0 Å². The molecule has 3 rings (SSSR count). The van der Waals surface area contributed by atoms with Gasteiger partial charge in [0.15, 0.2) is 0 Å². The molecule has 2 aliphatic rings. The van der Waals surface area contributed by atoms with Gasteiger partial charge in [0, 0.05) is 18.1 Å². The van der Waals surface area contributed by atoms with E-state index in [1.54, 1.807) is 31.2 Å². The third-order valence-corrected chi connectivity index (χ3v) is 4.22. The number of amides is 3. The first kappa shape index (κ1) is 15.6.